The van der Waals surface area contributed by atoms with E-state index in [-0.39, 0.29) is 13.0 Å². The topological polar surface area (TPSA) is 68.3 Å². The van der Waals surface area contributed by atoms with Crippen molar-refractivity contribution in [2.45, 2.75) is 44.9 Å². The van der Waals surface area contributed by atoms with Crippen LogP contribution in [0, 0.1) is 0 Å². The lowest BCUT2D eigenvalue weighted by atomic mass is 10.1. The van der Waals surface area contributed by atoms with Gasteiger partial charge >= 0.3 is 5.97 Å². The summed E-state index contributed by atoms with van der Waals surface area (Å²) in [4.78, 5) is 16.3. The summed E-state index contributed by atoms with van der Waals surface area (Å²) in [7, 11) is -1.41. The number of halogens is 1. The molecule has 0 aliphatic rings. The van der Waals surface area contributed by atoms with Gasteiger partial charge in [0.15, 0.2) is 0 Å². The number of hydrogen-bond donors (Lipinski definition) is 1. The summed E-state index contributed by atoms with van der Waals surface area (Å²) in [5, 5.41) is 0.350. The Hall–Kier alpha value is -1.24. The van der Waals surface area contributed by atoms with E-state index in [1.54, 1.807) is 25.1 Å². The normalized spacial score (nSPS) is 14.1. The molecule has 128 valence electrons. The van der Waals surface area contributed by atoms with E-state index in [1.165, 1.54) is 0 Å². The van der Waals surface area contributed by atoms with Crippen LogP contribution in [0.15, 0.2) is 24.8 Å². The first-order chi connectivity index (χ1) is 10.6. The molecule has 1 heterocycles. The quantitative estimate of drug-likeness (QED) is 0.600. The molecule has 1 rings (SSSR count). The van der Waals surface area contributed by atoms with Crippen LogP contribution in [0.2, 0.25) is 5.15 Å². The van der Waals surface area contributed by atoms with E-state index in [2.05, 4.69) is 16.3 Å². The molecule has 23 heavy (non-hydrogen) atoms. The highest BCUT2D eigenvalue weighted by atomic mass is 35.5. The summed E-state index contributed by atoms with van der Waals surface area (Å²) in [6.45, 7) is 11.4. The lowest BCUT2D eigenvalue weighted by Crippen LogP contribution is -2.44. The van der Waals surface area contributed by atoms with E-state index in [1.807, 2.05) is 20.8 Å². The monoisotopic (exact) mass is 358 g/mol. The number of pyridine rings is 1. The second-order valence-electron chi connectivity index (χ2n) is 5.96. The molecule has 0 aliphatic carbocycles. The van der Waals surface area contributed by atoms with Crippen LogP contribution >= 0.6 is 11.6 Å². The van der Waals surface area contributed by atoms with Crippen LogP contribution in [-0.4, -0.2) is 32.6 Å². The second kappa shape index (κ2) is 8.57. The van der Waals surface area contributed by atoms with Gasteiger partial charge in [-0.3, -0.25) is 4.79 Å². The number of nitrogens with zero attached hydrogens (tertiary/aromatic N) is 1. The minimum Gasteiger partial charge on any atom is -0.465 e. The molecule has 0 bridgehead atoms. The van der Waals surface area contributed by atoms with Gasteiger partial charge < -0.3 is 4.74 Å². The smallest absolute Gasteiger partial charge is 0.324 e. The molecule has 0 aromatic carbocycles. The van der Waals surface area contributed by atoms with Gasteiger partial charge in [0, 0.05) is 6.42 Å². The summed E-state index contributed by atoms with van der Waals surface area (Å²) in [5.74, 6) is -0.465. The fourth-order valence-electron chi connectivity index (χ4n) is 1.68. The van der Waals surface area contributed by atoms with E-state index in [0.29, 0.717) is 16.4 Å². The molecule has 0 unspecified atom stereocenters. The maximum absolute atomic E-state index is 12.3. The molecule has 0 saturated heterocycles. The highest BCUT2D eigenvalue weighted by molar-refractivity contribution is 7.84. The number of rotatable bonds is 7. The number of hydrogen-bond acceptors (Lipinski definition) is 4. The first-order valence-corrected chi connectivity index (χ1v) is 8.83. The van der Waals surface area contributed by atoms with Crippen molar-refractivity contribution < 1.29 is 13.7 Å². The third kappa shape index (κ3) is 6.41. The summed E-state index contributed by atoms with van der Waals surface area (Å²) in [5.41, 5.74) is 1.21. The lowest BCUT2D eigenvalue weighted by molar-refractivity contribution is -0.144. The van der Waals surface area contributed by atoms with Crippen molar-refractivity contribution in [1.82, 2.24) is 9.71 Å². The predicted molar refractivity (Wildman–Crippen MR) is 94.4 cm³/mol. The molecule has 1 N–H and O–H groups in total. The Morgan fingerprint density at radius 3 is 2.65 bits per heavy atom. The predicted octanol–water partition coefficient (Wildman–Crippen LogP) is 3.12. The Labute approximate surface area is 145 Å². The van der Waals surface area contributed by atoms with E-state index in [0.717, 1.165) is 0 Å². The van der Waals surface area contributed by atoms with Crippen molar-refractivity contribution in [1.29, 1.82) is 0 Å². The van der Waals surface area contributed by atoms with Crippen LogP contribution in [0.3, 0.4) is 0 Å². The molecule has 1 aromatic heterocycles. The summed E-state index contributed by atoms with van der Waals surface area (Å²) in [6.07, 6.45) is 0.230. The van der Waals surface area contributed by atoms with Gasteiger partial charge in [0.05, 0.1) is 28.0 Å². The molecule has 0 saturated carbocycles. The Morgan fingerprint density at radius 2 is 2.13 bits per heavy atom. The number of aromatic nitrogens is 1. The molecular weight excluding hydrogens is 336 g/mol. The average molecular weight is 359 g/mol. The number of carbonyl (C=O) groups excluding carboxylic acids is 1. The van der Waals surface area contributed by atoms with Gasteiger partial charge in [0.25, 0.3) is 0 Å². The summed E-state index contributed by atoms with van der Waals surface area (Å²) >= 11 is 5.87. The van der Waals surface area contributed by atoms with E-state index >= 15 is 0 Å². The van der Waals surface area contributed by atoms with Gasteiger partial charge in [0.1, 0.15) is 11.2 Å². The van der Waals surface area contributed by atoms with Gasteiger partial charge in [-0.05, 0) is 45.4 Å². The Kier molecular flexibility index (Phi) is 7.38. The zero-order valence-corrected chi connectivity index (χ0v) is 15.5. The Bertz CT molecular complexity index is 599. The molecule has 0 aliphatic heterocycles. The molecular formula is C16H23ClN2O3S. The van der Waals surface area contributed by atoms with Crippen molar-refractivity contribution in [3.05, 3.63) is 35.6 Å². The molecule has 2 atom stereocenters. The van der Waals surface area contributed by atoms with Crippen LogP contribution in [0.1, 0.15) is 39.8 Å². The number of esters is 1. The highest BCUT2D eigenvalue weighted by Crippen LogP contribution is 2.20. The van der Waals surface area contributed by atoms with Crippen LogP contribution in [0.4, 0.5) is 0 Å². The highest BCUT2D eigenvalue weighted by Gasteiger charge is 2.28. The van der Waals surface area contributed by atoms with Crippen LogP contribution in [-0.2, 0) is 20.5 Å². The van der Waals surface area contributed by atoms with Crippen molar-refractivity contribution in [2.75, 3.05) is 6.61 Å². The first-order valence-electron chi connectivity index (χ1n) is 7.30. The molecule has 7 heteroatoms. The van der Waals surface area contributed by atoms with Gasteiger partial charge in [-0.15, -0.1) is 0 Å². The van der Waals surface area contributed by atoms with Crippen LogP contribution in [0.5, 0.6) is 0 Å². The largest absolute Gasteiger partial charge is 0.465 e. The molecule has 0 fully saturated rings. The molecule has 0 spiro atoms. The van der Waals surface area contributed by atoms with Gasteiger partial charge in [-0.25, -0.2) is 13.9 Å². The maximum atomic E-state index is 12.3. The van der Waals surface area contributed by atoms with Gasteiger partial charge in [-0.2, -0.15) is 0 Å². The fraction of sp³-hybridized carbons (Fsp3) is 0.500. The van der Waals surface area contributed by atoms with Gasteiger partial charge in [0.2, 0.25) is 0 Å². The molecule has 0 radical (unpaired) electrons. The van der Waals surface area contributed by atoms with E-state index < -0.39 is 27.7 Å². The van der Waals surface area contributed by atoms with E-state index in [4.69, 9.17) is 16.3 Å². The lowest BCUT2D eigenvalue weighted by Gasteiger charge is -2.23. The van der Waals surface area contributed by atoms with Crippen molar-refractivity contribution >= 4 is 34.1 Å². The molecule has 0 amide bonds. The Morgan fingerprint density at radius 1 is 1.48 bits per heavy atom. The third-order valence-corrected chi connectivity index (χ3v) is 4.73. The average Bonchev–Trinajstić information content (AvgIpc) is 2.45. The van der Waals surface area contributed by atoms with Crippen LogP contribution < -0.4 is 4.72 Å². The number of nitrogens with one attached hydrogen (secondary N) is 1. The molecule has 1 aromatic rings. The fourth-order valence-corrected chi connectivity index (χ4v) is 2.63. The van der Waals surface area contributed by atoms with E-state index in [9.17, 15) is 9.00 Å². The number of carbonyl (C=O) groups is 1. The van der Waals surface area contributed by atoms with Crippen molar-refractivity contribution in [3.8, 4) is 0 Å². The Balaban J connectivity index is 2.90. The minimum absolute atomic E-state index is 0.230. The standard InChI is InChI=1S/C16H23ClN2O3S/c1-6-22-15(20)13(19-23(21)16(3,4)5)10-11(2)12-8-7-9-14(17)18-12/h7-9,13,19H,2,6,10H2,1,3-5H3/t13-,23-/m1/s1. The summed E-state index contributed by atoms with van der Waals surface area (Å²) < 4.78 is 19.7. The maximum Gasteiger partial charge on any atom is 0.324 e. The van der Waals surface area contributed by atoms with Gasteiger partial charge in [-0.1, -0.05) is 24.2 Å². The third-order valence-electron chi connectivity index (χ3n) is 2.90. The SMILES string of the molecule is C=C(C[C@@H](N[S@](=O)C(C)(C)C)C(=O)OCC)c1cccc(Cl)n1. The first kappa shape index (κ1) is 19.8. The number of ether oxygens (including phenoxy) is 1. The van der Waals surface area contributed by atoms with Crippen LogP contribution in [0.25, 0.3) is 5.57 Å². The minimum atomic E-state index is -1.41. The summed E-state index contributed by atoms with van der Waals surface area (Å²) in [6, 6.07) is 4.42. The zero-order valence-electron chi connectivity index (χ0n) is 13.9. The van der Waals surface area contributed by atoms with Crippen molar-refractivity contribution in [3.63, 3.8) is 0 Å². The zero-order chi connectivity index (χ0) is 17.6. The second-order valence-corrected chi connectivity index (χ2v) is 8.34. The van der Waals surface area contributed by atoms with Crippen molar-refractivity contribution in [2.24, 2.45) is 0 Å². The molecule has 5 nitrogen and oxygen atoms in total.